The van der Waals surface area contributed by atoms with E-state index >= 15 is 0 Å². The van der Waals surface area contributed by atoms with Crippen molar-refractivity contribution in [1.82, 2.24) is 9.47 Å². The number of anilines is 1. The minimum atomic E-state index is 0.152. The van der Waals surface area contributed by atoms with Crippen LogP contribution in [0.3, 0.4) is 0 Å². The Hall–Kier alpha value is -1.45. The molecule has 4 heteroatoms. The molecule has 1 saturated carbocycles. The predicted molar refractivity (Wildman–Crippen MR) is 76.0 cm³/mol. The zero-order valence-corrected chi connectivity index (χ0v) is 11.9. The standard InChI is InChI=1S/C15H23N3O/c1-15(2)5-7-17(8-6-15)14(19)13-9-11(16)10-18(13)12-3-4-12/h9-10,12H,3-8,16H2,1-2H3. The highest BCUT2D eigenvalue weighted by atomic mass is 16.2. The first-order valence-corrected chi connectivity index (χ1v) is 7.23. The number of rotatable bonds is 2. The van der Waals surface area contributed by atoms with Crippen molar-refractivity contribution in [2.75, 3.05) is 18.8 Å². The third-order valence-electron chi connectivity index (χ3n) is 4.43. The zero-order valence-electron chi connectivity index (χ0n) is 11.9. The fraction of sp³-hybridized carbons (Fsp3) is 0.667. The van der Waals surface area contributed by atoms with Gasteiger partial charge in [0.25, 0.3) is 5.91 Å². The summed E-state index contributed by atoms with van der Waals surface area (Å²) in [4.78, 5) is 14.6. The van der Waals surface area contributed by atoms with Crippen molar-refractivity contribution in [3.63, 3.8) is 0 Å². The molecule has 104 valence electrons. The number of likely N-dealkylation sites (tertiary alicyclic amines) is 1. The number of nitrogens with two attached hydrogens (primary N) is 1. The van der Waals surface area contributed by atoms with E-state index in [0.29, 0.717) is 17.1 Å². The maximum Gasteiger partial charge on any atom is 0.270 e. The first-order valence-electron chi connectivity index (χ1n) is 7.23. The van der Waals surface area contributed by atoms with Crippen LogP contribution in [0.25, 0.3) is 0 Å². The molecule has 1 aliphatic carbocycles. The summed E-state index contributed by atoms with van der Waals surface area (Å²) < 4.78 is 2.08. The number of carbonyl (C=O) groups excluding carboxylic acids is 1. The van der Waals surface area contributed by atoms with Crippen LogP contribution >= 0.6 is 0 Å². The summed E-state index contributed by atoms with van der Waals surface area (Å²) in [5.41, 5.74) is 7.71. The zero-order chi connectivity index (χ0) is 13.6. The SMILES string of the molecule is CC1(C)CCN(C(=O)c2cc(N)cn2C2CC2)CC1. The van der Waals surface area contributed by atoms with Gasteiger partial charge in [0.05, 0.1) is 5.69 Å². The molecule has 1 aromatic heterocycles. The summed E-state index contributed by atoms with van der Waals surface area (Å²) in [6, 6.07) is 2.33. The molecule has 2 heterocycles. The summed E-state index contributed by atoms with van der Waals surface area (Å²) in [5.74, 6) is 0.152. The average molecular weight is 261 g/mol. The third-order valence-corrected chi connectivity index (χ3v) is 4.43. The average Bonchev–Trinajstić information content (AvgIpc) is 3.12. The van der Waals surface area contributed by atoms with Gasteiger partial charge in [-0.05, 0) is 37.2 Å². The Bertz CT molecular complexity index is 489. The van der Waals surface area contributed by atoms with E-state index < -0.39 is 0 Å². The van der Waals surface area contributed by atoms with Crippen molar-refractivity contribution in [3.8, 4) is 0 Å². The summed E-state index contributed by atoms with van der Waals surface area (Å²) in [7, 11) is 0. The molecule has 2 aliphatic rings. The largest absolute Gasteiger partial charge is 0.397 e. The Morgan fingerprint density at radius 2 is 1.95 bits per heavy atom. The number of hydrogen-bond acceptors (Lipinski definition) is 2. The molecule has 0 bridgehead atoms. The summed E-state index contributed by atoms with van der Waals surface area (Å²) >= 11 is 0. The molecule has 0 unspecified atom stereocenters. The molecule has 1 aromatic rings. The third kappa shape index (κ3) is 2.48. The molecule has 2 N–H and O–H groups in total. The van der Waals surface area contributed by atoms with Gasteiger partial charge in [-0.2, -0.15) is 0 Å². The molecule has 19 heavy (non-hydrogen) atoms. The van der Waals surface area contributed by atoms with Crippen LogP contribution in [-0.4, -0.2) is 28.5 Å². The van der Waals surface area contributed by atoms with Crippen LogP contribution in [0.2, 0.25) is 0 Å². The van der Waals surface area contributed by atoms with Gasteiger partial charge in [0.1, 0.15) is 5.69 Å². The summed E-state index contributed by atoms with van der Waals surface area (Å²) in [5, 5.41) is 0. The van der Waals surface area contributed by atoms with E-state index in [2.05, 4.69) is 18.4 Å². The number of hydrogen-bond donors (Lipinski definition) is 1. The normalized spacial score (nSPS) is 22.5. The van der Waals surface area contributed by atoms with Crippen molar-refractivity contribution in [1.29, 1.82) is 0 Å². The lowest BCUT2D eigenvalue weighted by Gasteiger charge is -2.37. The lowest BCUT2D eigenvalue weighted by Crippen LogP contribution is -2.41. The minimum absolute atomic E-state index is 0.152. The smallest absolute Gasteiger partial charge is 0.270 e. The monoisotopic (exact) mass is 261 g/mol. The molecule has 3 rings (SSSR count). The Morgan fingerprint density at radius 3 is 2.53 bits per heavy atom. The quantitative estimate of drug-likeness (QED) is 0.889. The molecule has 0 spiro atoms. The van der Waals surface area contributed by atoms with E-state index in [1.165, 1.54) is 12.8 Å². The molecule has 1 saturated heterocycles. The van der Waals surface area contributed by atoms with Crippen molar-refractivity contribution < 1.29 is 4.79 Å². The van der Waals surface area contributed by atoms with Gasteiger partial charge in [0.15, 0.2) is 0 Å². The summed E-state index contributed by atoms with van der Waals surface area (Å²) in [6.45, 7) is 6.28. The van der Waals surface area contributed by atoms with Crippen molar-refractivity contribution in [2.24, 2.45) is 5.41 Å². The van der Waals surface area contributed by atoms with E-state index in [4.69, 9.17) is 5.73 Å². The van der Waals surface area contributed by atoms with Gasteiger partial charge in [-0.3, -0.25) is 4.79 Å². The second-order valence-electron chi connectivity index (χ2n) is 6.75. The number of nitrogens with zero attached hydrogens (tertiary/aromatic N) is 2. The fourth-order valence-electron chi connectivity index (χ4n) is 2.80. The molecule has 1 amide bonds. The van der Waals surface area contributed by atoms with Crippen molar-refractivity contribution in [2.45, 2.75) is 45.6 Å². The van der Waals surface area contributed by atoms with E-state index in [0.717, 1.165) is 31.6 Å². The topological polar surface area (TPSA) is 51.3 Å². The molecule has 0 aromatic carbocycles. The molecule has 2 fully saturated rings. The molecule has 0 atom stereocenters. The lowest BCUT2D eigenvalue weighted by molar-refractivity contribution is 0.0619. The van der Waals surface area contributed by atoms with Crippen molar-refractivity contribution >= 4 is 11.6 Å². The first-order chi connectivity index (χ1) is 8.96. The van der Waals surface area contributed by atoms with Gasteiger partial charge in [-0.25, -0.2) is 0 Å². The van der Waals surface area contributed by atoms with Gasteiger partial charge in [-0.15, -0.1) is 0 Å². The Labute approximate surface area is 114 Å². The van der Waals surface area contributed by atoms with Gasteiger partial charge >= 0.3 is 0 Å². The fourth-order valence-corrected chi connectivity index (χ4v) is 2.80. The number of piperidine rings is 1. The second-order valence-corrected chi connectivity index (χ2v) is 6.75. The Kier molecular flexibility index (Phi) is 2.84. The highest BCUT2D eigenvalue weighted by Gasteiger charge is 2.32. The van der Waals surface area contributed by atoms with Gasteiger partial charge < -0.3 is 15.2 Å². The second kappa shape index (κ2) is 4.29. The highest BCUT2D eigenvalue weighted by Crippen LogP contribution is 2.38. The van der Waals surface area contributed by atoms with E-state index in [1.807, 2.05) is 17.2 Å². The molecule has 0 radical (unpaired) electrons. The van der Waals surface area contributed by atoms with Crippen LogP contribution < -0.4 is 5.73 Å². The van der Waals surface area contributed by atoms with Crippen LogP contribution in [0.4, 0.5) is 5.69 Å². The van der Waals surface area contributed by atoms with Crippen LogP contribution in [0, 0.1) is 5.41 Å². The van der Waals surface area contributed by atoms with E-state index in [-0.39, 0.29) is 5.91 Å². The summed E-state index contributed by atoms with van der Waals surface area (Å²) in [6.07, 6.45) is 6.42. The maximum atomic E-state index is 12.6. The van der Waals surface area contributed by atoms with Crippen LogP contribution in [0.5, 0.6) is 0 Å². The number of nitrogen functional groups attached to an aromatic ring is 1. The van der Waals surface area contributed by atoms with Crippen LogP contribution in [-0.2, 0) is 0 Å². The predicted octanol–water partition coefficient (Wildman–Crippen LogP) is 2.67. The number of carbonyl (C=O) groups is 1. The molecule has 1 aliphatic heterocycles. The molecular formula is C15H23N3O. The van der Waals surface area contributed by atoms with Crippen LogP contribution in [0.15, 0.2) is 12.3 Å². The van der Waals surface area contributed by atoms with E-state index in [9.17, 15) is 4.79 Å². The number of aromatic nitrogens is 1. The Morgan fingerprint density at radius 1 is 1.32 bits per heavy atom. The lowest BCUT2D eigenvalue weighted by atomic mass is 9.82. The van der Waals surface area contributed by atoms with Gasteiger partial charge in [0, 0.05) is 25.3 Å². The van der Waals surface area contributed by atoms with Gasteiger partial charge in [-0.1, -0.05) is 13.8 Å². The van der Waals surface area contributed by atoms with E-state index in [1.54, 1.807) is 0 Å². The van der Waals surface area contributed by atoms with Crippen molar-refractivity contribution in [3.05, 3.63) is 18.0 Å². The maximum absolute atomic E-state index is 12.6. The number of amides is 1. The molecule has 4 nitrogen and oxygen atoms in total. The molecular weight excluding hydrogens is 238 g/mol. The minimum Gasteiger partial charge on any atom is -0.397 e. The first kappa shape index (κ1) is 12.6. The highest BCUT2D eigenvalue weighted by molar-refractivity contribution is 5.94. The Balaban J connectivity index is 1.77. The van der Waals surface area contributed by atoms with Gasteiger partial charge in [0.2, 0.25) is 0 Å². The van der Waals surface area contributed by atoms with Crippen LogP contribution in [0.1, 0.15) is 56.1 Å².